The van der Waals surface area contributed by atoms with Crippen molar-refractivity contribution in [3.8, 4) is 0 Å². The van der Waals surface area contributed by atoms with Crippen molar-refractivity contribution in [2.75, 3.05) is 26.3 Å². The maximum absolute atomic E-state index is 12.3. The van der Waals surface area contributed by atoms with Gasteiger partial charge in [-0.15, -0.1) is 0 Å². The highest BCUT2D eigenvalue weighted by molar-refractivity contribution is 6.31. The molecule has 0 unspecified atom stereocenters. The summed E-state index contributed by atoms with van der Waals surface area (Å²) in [6, 6.07) is 6.81. The third-order valence-electron chi connectivity index (χ3n) is 3.89. The molecule has 2 atom stereocenters. The van der Waals surface area contributed by atoms with Gasteiger partial charge in [0, 0.05) is 17.0 Å². The summed E-state index contributed by atoms with van der Waals surface area (Å²) in [5, 5.41) is 13.6. The van der Waals surface area contributed by atoms with Crippen molar-refractivity contribution in [2.45, 2.75) is 19.1 Å². The van der Waals surface area contributed by atoms with Crippen LogP contribution in [-0.4, -0.2) is 48.4 Å². The molecule has 2 amide bonds. The molecule has 0 spiro atoms. The minimum absolute atomic E-state index is 0.0936. The minimum atomic E-state index is -0.321. The van der Waals surface area contributed by atoms with Gasteiger partial charge in [-0.2, -0.15) is 0 Å². The molecule has 0 aliphatic carbocycles. The highest BCUT2D eigenvalue weighted by Crippen LogP contribution is 2.26. The summed E-state index contributed by atoms with van der Waals surface area (Å²) < 4.78 is 11.1. The SMILES string of the molecule is C[C@@H](NC(=O)N1CCO[C@H](CO)C1)c1cc2cc(Cl)ccc2o1. The normalized spacial score (nSPS) is 19.8. The Kier molecular flexibility index (Phi) is 4.75. The fraction of sp³-hybridized carbons (Fsp3) is 0.438. The molecule has 3 rings (SSSR count). The van der Waals surface area contributed by atoms with Gasteiger partial charge in [-0.3, -0.25) is 0 Å². The van der Waals surface area contributed by atoms with Crippen LogP contribution in [0.25, 0.3) is 11.0 Å². The Morgan fingerprint density at radius 2 is 2.35 bits per heavy atom. The van der Waals surface area contributed by atoms with Crippen molar-refractivity contribution in [1.82, 2.24) is 10.2 Å². The monoisotopic (exact) mass is 338 g/mol. The van der Waals surface area contributed by atoms with Crippen LogP contribution in [0.5, 0.6) is 0 Å². The van der Waals surface area contributed by atoms with E-state index in [-0.39, 0.29) is 24.8 Å². The fourth-order valence-corrected chi connectivity index (χ4v) is 2.79. The Balaban J connectivity index is 1.67. The number of furan rings is 1. The Morgan fingerprint density at radius 1 is 1.52 bits per heavy atom. The highest BCUT2D eigenvalue weighted by Gasteiger charge is 2.25. The smallest absolute Gasteiger partial charge is 0.318 e. The molecular weight excluding hydrogens is 320 g/mol. The Hall–Kier alpha value is -1.76. The average Bonchev–Trinajstić information content (AvgIpc) is 2.98. The maximum atomic E-state index is 12.3. The lowest BCUT2D eigenvalue weighted by Crippen LogP contribution is -2.50. The Morgan fingerprint density at radius 3 is 3.13 bits per heavy atom. The predicted octanol–water partition coefficient (Wildman–Crippen LogP) is 2.55. The molecule has 6 nitrogen and oxygen atoms in total. The van der Waals surface area contributed by atoms with Crippen molar-refractivity contribution < 1.29 is 19.1 Å². The molecular formula is C16H19ClN2O4. The second-order valence-electron chi connectivity index (χ2n) is 5.62. The Labute approximate surface area is 139 Å². The van der Waals surface area contributed by atoms with Crippen molar-refractivity contribution >= 4 is 28.6 Å². The number of rotatable bonds is 3. The van der Waals surface area contributed by atoms with Gasteiger partial charge in [-0.05, 0) is 31.2 Å². The van der Waals surface area contributed by atoms with E-state index in [4.69, 9.17) is 25.9 Å². The number of carbonyl (C=O) groups excluding carboxylic acids is 1. The van der Waals surface area contributed by atoms with Gasteiger partial charge in [-0.1, -0.05) is 11.6 Å². The van der Waals surface area contributed by atoms with E-state index in [0.717, 1.165) is 11.0 Å². The van der Waals surface area contributed by atoms with E-state index in [1.165, 1.54) is 0 Å². The van der Waals surface area contributed by atoms with Gasteiger partial charge >= 0.3 is 6.03 Å². The zero-order valence-corrected chi connectivity index (χ0v) is 13.5. The molecule has 1 aliphatic rings. The number of nitrogens with one attached hydrogen (secondary N) is 1. The first-order valence-electron chi connectivity index (χ1n) is 7.53. The summed E-state index contributed by atoms with van der Waals surface area (Å²) in [4.78, 5) is 14.0. The number of ether oxygens (including phenoxy) is 1. The topological polar surface area (TPSA) is 74.9 Å². The molecule has 124 valence electrons. The minimum Gasteiger partial charge on any atom is -0.459 e. The second-order valence-corrected chi connectivity index (χ2v) is 6.06. The van der Waals surface area contributed by atoms with Crippen LogP contribution in [0, 0.1) is 0 Å². The van der Waals surface area contributed by atoms with Crippen LogP contribution >= 0.6 is 11.6 Å². The van der Waals surface area contributed by atoms with Crippen molar-refractivity contribution in [3.63, 3.8) is 0 Å². The number of benzene rings is 1. The van der Waals surface area contributed by atoms with Gasteiger partial charge in [0.1, 0.15) is 11.3 Å². The lowest BCUT2D eigenvalue weighted by atomic mass is 10.2. The third kappa shape index (κ3) is 3.60. The zero-order chi connectivity index (χ0) is 16.4. The largest absolute Gasteiger partial charge is 0.459 e. The first-order chi connectivity index (χ1) is 11.1. The first kappa shape index (κ1) is 16.1. The quantitative estimate of drug-likeness (QED) is 0.902. The van der Waals surface area contributed by atoms with Crippen LogP contribution in [0.15, 0.2) is 28.7 Å². The van der Waals surface area contributed by atoms with E-state index < -0.39 is 0 Å². The molecule has 0 bridgehead atoms. The summed E-state index contributed by atoms with van der Waals surface area (Å²) in [5.74, 6) is 0.669. The maximum Gasteiger partial charge on any atom is 0.318 e. The molecule has 2 N–H and O–H groups in total. The highest BCUT2D eigenvalue weighted by atomic mass is 35.5. The molecule has 2 aromatic rings. The van der Waals surface area contributed by atoms with Crippen molar-refractivity contribution in [2.24, 2.45) is 0 Å². The number of amides is 2. The summed E-state index contributed by atoms with van der Waals surface area (Å²) in [6.07, 6.45) is -0.321. The van der Waals surface area contributed by atoms with Gasteiger partial charge in [0.15, 0.2) is 0 Å². The van der Waals surface area contributed by atoms with E-state index in [2.05, 4.69) is 5.32 Å². The summed E-state index contributed by atoms with van der Waals surface area (Å²) in [6.45, 7) is 3.08. The van der Waals surface area contributed by atoms with E-state index in [1.807, 2.05) is 25.1 Å². The van der Waals surface area contributed by atoms with Gasteiger partial charge in [0.05, 0.1) is 31.9 Å². The molecule has 0 saturated carbocycles. The van der Waals surface area contributed by atoms with Gasteiger partial charge in [0.2, 0.25) is 0 Å². The number of urea groups is 1. The molecule has 2 heterocycles. The predicted molar refractivity (Wildman–Crippen MR) is 86.6 cm³/mol. The van der Waals surface area contributed by atoms with Crippen LogP contribution < -0.4 is 5.32 Å². The number of halogens is 1. The molecule has 1 aliphatic heterocycles. The molecule has 1 saturated heterocycles. The van der Waals surface area contributed by atoms with Crippen molar-refractivity contribution in [1.29, 1.82) is 0 Å². The molecule has 1 aromatic carbocycles. The molecule has 7 heteroatoms. The van der Waals surface area contributed by atoms with Crippen LogP contribution in [0.3, 0.4) is 0 Å². The van der Waals surface area contributed by atoms with Crippen LogP contribution in [0.4, 0.5) is 4.79 Å². The van der Waals surface area contributed by atoms with E-state index in [9.17, 15) is 4.79 Å². The average molecular weight is 339 g/mol. The van der Waals surface area contributed by atoms with Gasteiger partial charge in [0.25, 0.3) is 0 Å². The van der Waals surface area contributed by atoms with Gasteiger partial charge in [-0.25, -0.2) is 4.79 Å². The summed E-state index contributed by atoms with van der Waals surface area (Å²) in [5.41, 5.74) is 0.734. The lowest BCUT2D eigenvalue weighted by Gasteiger charge is -2.32. The van der Waals surface area contributed by atoms with E-state index in [0.29, 0.717) is 30.5 Å². The molecule has 23 heavy (non-hydrogen) atoms. The van der Waals surface area contributed by atoms with E-state index in [1.54, 1.807) is 11.0 Å². The number of carbonyl (C=O) groups is 1. The number of morpholine rings is 1. The molecule has 1 fully saturated rings. The zero-order valence-electron chi connectivity index (χ0n) is 12.8. The molecule has 1 aromatic heterocycles. The number of aliphatic hydroxyl groups excluding tert-OH is 1. The number of nitrogens with zero attached hydrogens (tertiary/aromatic N) is 1. The number of hydrogen-bond donors (Lipinski definition) is 2. The number of aliphatic hydroxyl groups is 1. The van der Waals surface area contributed by atoms with Crippen molar-refractivity contribution in [3.05, 3.63) is 35.0 Å². The van der Waals surface area contributed by atoms with Crippen LogP contribution in [0.2, 0.25) is 5.02 Å². The fourth-order valence-electron chi connectivity index (χ4n) is 2.61. The summed E-state index contributed by atoms with van der Waals surface area (Å²) in [7, 11) is 0. The summed E-state index contributed by atoms with van der Waals surface area (Å²) >= 11 is 5.97. The van der Waals surface area contributed by atoms with Gasteiger partial charge < -0.3 is 24.5 Å². The second kappa shape index (κ2) is 6.78. The molecule has 0 radical (unpaired) electrons. The van der Waals surface area contributed by atoms with Crippen LogP contribution in [-0.2, 0) is 4.74 Å². The number of hydrogen-bond acceptors (Lipinski definition) is 4. The van der Waals surface area contributed by atoms with Crippen LogP contribution in [0.1, 0.15) is 18.7 Å². The Bertz CT molecular complexity index is 702. The first-order valence-corrected chi connectivity index (χ1v) is 7.91. The standard InChI is InChI=1S/C16H19ClN2O4/c1-10(15-7-11-6-12(17)2-3-14(11)23-15)18-16(21)19-4-5-22-13(8-19)9-20/h2-3,6-7,10,13,20H,4-5,8-9H2,1H3,(H,18,21)/t10-,13+/m1/s1. The third-order valence-corrected chi connectivity index (χ3v) is 4.13. The number of fused-ring (bicyclic) bond motifs is 1. The van der Waals surface area contributed by atoms with E-state index >= 15 is 0 Å². The lowest BCUT2D eigenvalue weighted by molar-refractivity contribution is -0.0405.